The lowest BCUT2D eigenvalue weighted by Gasteiger charge is -1.96. The Kier molecular flexibility index (Phi) is 2.19. The Hall–Kier alpha value is -1.82. The second-order valence-corrected chi connectivity index (χ2v) is 3.36. The number of hydrogen-bond acceptors (Lipinski definition) is 5. The van der Waals surface area contributed by atoms with E-state index in [1.807, 2.05) is 5.38 Å². The average molecular weight is 206 g/mol. The number of primary amides is 1. The van der Waals surface area contributed by atoms with Crippen molar-refractivity contribution in [2.24, 2.45) is 5.73 Å². The van der Waals surface area contributed by atoms with Gasteiger partial charge < -0.3 is 5.73 Å². The molecule has 2 aromatic rings. The zero-order chi connectivity index (χ0) is 9.97. The molecular formula is C8H6N4OS. The Balaban J connectivity index is 2.46. The summed E-state index contributed by atoms with van der Waals surface area (Å²) in [5.74, 6) is -0.137. The number of thiazole rings is 1. The topological polar surface area (TPSA) is 81.8 Å². The highest BCUT2D eigenvalue weighted by atomic mass is 32.1. The lowest BCUT2D eigenvalue weighted by molar-refractivity contribution is 0.0995. The molecule has 0 aliphatic heterocycles. The first-order valence-electron chi connectivity index (χ1n) is 3.80. The highest BCUT2D eigenvalue weighted by Crippen LogP contribution is 2.16. The summed E-state index contributed by atoms with van der Waals surface area (Å²) in [5, 5.41) is 2.49. The van der Waals surface area contributed by atoms with Gasteiger partial charge in [-0.25, -0.2) is 15.0 Å². The van der Waals surface area contributed by atoms with Crippen LogP contribution in [-0.2, 0) is 0 Å². The van der Waals surface area contributed by atoms with Crippen molar-refractivity contribution in [3.8, 4) is 10.8 Å². The van der Waals surface area contributed by atoms with Gasteiger partial charge in [-0.15, -0.1) is 11.3 Å². The van der Waals surface area contributed by atoms with Crippen LogP contribution in [0.15, 0.2) is 23.8 Å². The van der Waals surface area contributed by atoms with E-state index >= 15 is 0 Å². The molecule has 0 unspecified atom stereocenters. The summed E-state index contributed by atoms with van der Waals surface area (Å²) in [5.41, 5.74) is 5.29. The normalized spacial score (nSPS) is 10.0. The number of aromatic nitrogens is 3. The van der Waals surface area contributed by atoms with E-state index in [4.69, 9.17) is 5.73 Å². The molecule has 0 aliphatic rings. The lowest BCUT2D eigenvalue weighted by Crippen LogP contribution is -2.13. The lowest BCUT2D eigenvalue weighted by atomic mass is 10.4. The summed E-state index contributed by atoms with van der Waals surface area (Å²) < 4.78 is 0. The molecule has 0 aliphatic carbocycles. The fourth-order valence-electron chi connectivity index (χ4n) is 0.933. The van der Waals surface area contributed by atoms with Gasteiger partial charge in [-0.3, -0.25) is 4.79 Å². The van der Waals surface area contributed by atoms with Crippen molar-refractivity contribution in [3.63, 3.8) is 0 Å². The van der Waals surface area contributed by atoms with E-state index in [2.05, 4.69) is 15.0 Å². The summed E-state index contributed by atoms with van der Waals surface area (Å²) in [6, 6.07) is 1.47. The number of carbonyl (C=O) groups excluding carboxylic acids is 1. The number of amides is 1. The molecule has 0 radical (unpaired) electrons. The standard InChI is InChI=1S/C8H6N4OS/c9-6(13)5-1-2-10-7(12-5)8-11-3-4-14-8/h1-4H,(H2,9,13). The van der Waals surface area contributed by atoms with E-state index in [1.54, 1.807) is 6.20 Å². The van der Waals surface area contributed by atoms with E-state index < -0.39 is 5.91 Å². The first-order chi connectivity index (χ1) is 6.77. The van der Waals surface area contributed by atoms with Gasteiger partial charge in [0.1, 0.15) is 5.69 Å². The van der Waals surface area contributed by atoms with Crippen molar-refractivity contribution < 1.29 is 4.79 Å². The Morgan fingerprint density at radius 3 is 2.86 bits per heavy atom. The predicted octanol–water partition coefficient (Wildman–Crippen LogP) is 0.699. The maximum atomic E-state index is 10.8. The van der Waals surface area contributed by atoms with Crippen LogP contribution in [0.25, 0.3) is 10.8 Å². The third-order valence-corrected chi connectivity index (χ3v) is 2.30. The number of nitrogens with zero attached hydrogens (tertiary/aromatic N) is 3. The molecule has 2 rings (SSSR count). The molecule has 14 heavy (non-hydrogen) atoms. The highest BCUT2D eigenvalue weighted by Gasteiger charge is 2.07. The average Bonchev–Trinajstić information content (AvgIpc) is 2.71. The number of carbonyl (C=O) groups is 1. The Morgan fingerprint density at radius 1 is 1.36 bits per heavy atom. The molecule has 0 aromatic carbocycles. The van der Waals surface area contributed by atoms with Gasteiger partial charge in [0.2, 0.25) is 0 Å². The molecule has 2 aromatic heterocycles. The molecule has 2 heterocycles. The number of nitrogens with two attached hydrogens (primary N) is 1. The third kappa shape index (κ3) is 1.60. The second-order valence-electron chi connectivity index (χ2n) is 2.47. The maximum Gasteiger partial charge on any atom is 0.267 e. The van der Waals surface area contributed by atoms with Crippen LogP contribution < -0.4 is 5.73 Å². The van der Waals surface area contributed by atoms with Crippen LogP contribution in [0.2, 0.25) is 0 Å². The van der Waals surface area contributed by atoms with Crippen LogP contribution in [0.5, 0.6) is 0 Å². The molecule has 5 nitrogen and oxygen atoms in total. The Bertz CT molecular complexity index is 454. The zero-order valence-electron chi connectivity index (χ0n) is 7.04. The van der Waals surface area contributed by atoms with Gasteiger partial charge in [-0.05, 0) is 6.07 Å². The molecule has 70 valence electrons. The molecule has 0 saturated heterocycles. The van der Waals surface area contributed by atoms with Crippen LogP contribution in [-0.4, -0.2) is 20.9 Å². The van der Waals surface area contributed by atoms with Gasteiger partial charge >= 0.3 is 0 Å². The van der Waals surface area contributed by atoms with Crippen LogP contribution in [0.4, 0.5) is 0 Å². The SMILES string of the molecule is NC(=O)c1ccnc(-c2nccs2)n1. The summed E-state index contributed by atoms with van der Waals surface area (Å²) in [6.45, 7) is 0. The minimum absolute atomic E-state index is 0.199. The van der Waals surface area contributed by atoms with E-state index in [-0.39, 0.29) is 5.69 Å². The Morgan fingerprint density at radius 2 is 2.21 bits per heavy atom. The summed E-state index contributed by atoms with van der Waals surface area (Å²) in [4.78, 5) is 22.8. The van der Waals surface area contributed by atoms with Crippen molar-refractivity contribution in [3.05, 3.63) is 29.5 Å². The minimum atomic E-state index is -0.565. The molecule has 0 spiro atoms. The Labute approximate surface area is 83.7 Å². The van der Waals surface area contributed by atoms with Gasteiger partial charge in [0.15, 0.2) is 10.8 Å². The zero-order valence-corrected chi connectivity index (χ0v) is 7.86. The predicted molar refractivity (Wildman–Crippen MR) is 51.7 cm³/mol. The molecule has 2 N–H and O–H groups in total. The first-order valence-corrected chi connectivity index (χ1v) is 4.68. The van der Waals surface area contributed by atoms with Gasteiger partial charge in [0.25, 0.3) is 5.91 Å². The first kappa shape index (κ1) is 8.76. The second kappa shape index (κ2) is 3.51. The molecule has 0 atom stereocenters. The van der Waals surface area contributed by atoms with E-state index in [0.717, 1.165) is 0 Å². The van der Waals surface area contributed by atoms with Gasteiger partial charge in [0, 0.05) is 17.8 Å². The summed E-state index contributed by atoms with van der Waals surface area (Å²) in [7, 11) is 0. The van der Waals surface area contributed by atoms with E-state index in [9.17, 15) is 4.79 Å². The molecule has 1 amide bonds. The van der Waals surface area contributed by atoms with Crippen LogP contribution >= 0.6 is 11.3 Å². The van der Waals surface area contributed by atoms with E-state index in [1.165, 1.54) is 23.6 Å². The number of hydrogen-bond donors (Lipinski definition) is 1. The quantitative estimate of drug-likeness (QED) is 0.784. The van der Waals surface area contributed by atoms with Crippen LogP contribution in [0, 0.1) is 0 Å². The number of rotatable bonds is 2. The molecule has 0 fully saturated rings. The van der Waals surface area contributed by atoms with Crippen molar-refractivity contribution in [2.75, 3.05) is 0 Å². The van der Waals surface area contributed by atoms with Crippen molar-refractivity contribution in [2.45, 2.75) is 0 Å². The minimum Gasteiger partial charge on any atom is -0.364 e. The van der Waals surface area contributed by atoms with E-state index in [0.29, 0.717) is 10.8 Å². The molecular weight excluding hydrogens is 200 g/mol. The van der Waals surface area contributed by atoms with Crippen molar-refractivity contribution in [1.82, 2.24) is 15.0 Å². The van der Waals surface area contributed by atoms with Crippen LogP contribution in [0.3, 0.4) is 0 Å². The maximum absolute atomic E-state index is 10.8. The monoisotopic (exact) mass is 206 g/mol. The fraction of sp³-hybridized carbons (Fsp3) is 0. The molecule has 0 saturated carbocycles. The fourth-order valence-corrected chi connectivity index (χ4v) is 1.51. The van der Waals surface area contributed by atoms with Gasteiger partial charge in [-0.2, -0.15) is 0 Å². The van der Waals surface area contributed by atoms with Crippen molar-refractivity contribution >= 4 is 17.2 Å². The van der Waals surface area contributed by atoms with Gasteiger partial charge in [0.05, 0.1) is 0 Å². The molecule has 6 heteroatoms. The largest absolute Gasteiger partial charge is 0.364 e. The third-order valence-electron chi connectivity index (χ3n) is 1.53. The smallest absolute Gasteiger partial charge is 0.267 e. The van der Waals surface area contributed by atoms with Crippen LogP contribution in [0.1, 0.15) is 10.5 Å². The summed E-state index contributed by atoms with van der Waals surface area (Å²) in [6.07, 6.45) is 3.14. The molecule has 0 bridgehead atoms. The van der Waals surface area contributed by atoms with Crippen molar-refractivity contribution in [1.29, 1.82) is 0 Å². The van der Waals surface area contributed by atoms with Gasteiger partial charge in [-0.1, -0.05) is 0 Å². The highest BCUT2D eigenvalue weighted by molar-refractivity contribution is 7.12. The summed E-state index contributed by atoms with van der Waals surface area (Å²) >= 11 is 1.41.